The van der Waals surface area contributed by atoms with Gasteiger partial charge in [0.1, 0.15) is 18.3 Å². The zero-order valence-electron chi connectivity index (χ0n) is 26.5. The van der Waals surface area contributed by atoms with Gasteiger partial charge in [-0.3, -0.25) is 0 Å². The van der Waals surface area contributed by atoms with Gasteiger partial charge in [0.2, 0.25) is 0 Å². The molecule has 5 atom stereocenters. The quantitative estimate of drug-likeness (QED) is 0.0837. The van der Waals surface area contributed by atoms with Crippen molar-refractivity contribution < 1.29 is 28.8 Å². The van der Waals surface area contributed by atoms with Gasteiger partial charge < -0.3 is 24.4 Å². The average Bonchev–Trinajstić information content (AvgIpc) is 3.21. The molecule has 0 aromatic carbocycles. The molecule has 6 heteroatoms. The molecule has 240 valence electrons. The summed E-state index contributed by atoms with van der Waals surface area (Å²) in [4.78, 5) is 0. The highest BCUT2D eigenvalue weighted by atomic mass is 19.1. The summed E-state index contributed by atoms with van der Waals surface area (Å²) in [5.74, 6) is 0. The number of hydrogen-bond donors (Lipinski definition) is 2. The molecule has 0 unspecified atom stereocenters. The van der Waals surface area contributed by atoms with Gasteiger partial charge in [-0.2, -0.15) is 0 Å². The van der Waals surface area contributed by atoms with Gasteiger partial charge >= 0.3 is 0 Å². The van der Waals surface area contributed by atoms with E-state index < -0.39 is 30.8 Å². The standard InChI is InChI=1S/C34H67FO5/c1-3-5-7-9-11-13-15-17-19-21-23-25-27-38-29-30(33-31(35)32(36)34(37)40-33)39-28-26-24-22-20-18-16-14-12-10-8-6-4-2/h30-34,36-37H,3-29H2,1-2H3/t30-,31-,32-,33-,34+/m1/s1. The van der Waals surface area contributed by atoms with E-state index in [4.69, 9.17) is 14.2 Å². The first kappa shape index (κ1) is 37.8. The van der Waals surface area contributed by atoms with Crippen LogP contribution in [0.15, 0.2) is 0 Å². The molecule has 0 aromatic rings. The molecule has 1 aliphatic heterocycles. The molecular weight excluding hydrogens is 507 g/mol. The molecule has 5 nitrogen and oxygen atoms in total. The summed E-state index contributed by atoms with van der Waals surface area (Å²) in [5.41, 5.74) is 0. The first-order valence-electron chi connectivity index (χ1n) is 17.5. The Morgan fingerprint density at radius 3 is 1.32 bits per heavy atom. The highest BCUT2D eigenvalue weighted by Gasteiger charge is 2.47. The van der Waals surface area contributed by atoms with Crippen molar-refractivity contribution >= 4 is 0 Å². The van der Waals surface area contributed by atoms with E-state index in [-0.39, 0.29) is 6.61 Å². The van der Waals surface area contributed by atoms with Crippen LogP contribution in [0.1, 0.15) is 168 Å². The summed E-state index contributed by atoms with van der Waals surface area (Å²) in [6.45, 7) is 5.88. The van der Waals surface area contributed by atoms with Crippen molar-refractivity contribution in [1.29, 1.82) is 0 Å². The van der Waals surface area contributed by atoms with Crippen LogP contribution in [0, 0.1) is 0 Å². The van der Waals surface area contributed by atoms with E-state index in [9.17, 15) is 14.6 Å². The number of hydrogen-bond acceptors (Lipinski definition) is 5. The lowest BCUT2D eigenvalue weighted by Crippen LogP contribution is -2.40. The van der Waals surface area contributed by atoms with Crippen LogP contribution >= 0.6 is 0 Å². The number of aliphatic hydroxyl groups is 2. The Balaban J connectivity index is 2.10. The Morgan fingerprint density at radius 2 is 0.950 bits per heavy atom. The fourth-order valence-electron chi connectivity index (χ4n) is 5.62. The smallest absolute Gasteiger partial charge is 0.184 e. The maximum atomic E-state index is 14.6. The molecule has 1 fully saturated rings. The first-order valence-corrected chi connectivity index (χ1v) is 17.5. The van der Waals surface area contributed by atoms with E-state index in [0.29, 0.717) is 13.2 Å². The predicted molar refractivity (Wildman–Crippen MR) is 164 cm³/mol. The lowest BCUT2D eigenvalue weighted by atomic mass is 10.1. The monoisotopic (exact) mass is 574 g/mol. The summed E-state index contributed by atoms with van der Waals surface area (Å²) < 4.78 is 31.7. The SMILES string of the molecule is CCCCCCCCCCCCCCOC[C@@H](OCCCCCCCCCCCCCC)[C@H]1O[C@H](O)[C@H](O)[C@H]1F. The predicted octanol–water partition coefficient (Wildman–Crippen LogP) is 9.21. The molecule has 0 radical (unpaired) electrons. The van der Waals surface area contributed by atoms with E-state index in [1.807, 2.05) is 0 Å². The average molecular weight is 575 g/mol. The van der Waals surface area contributed by atoms with Crippen LogP contribution in [0.4, 0.5) is 4.39 Å². The second-order valence-corrected chi connectivity index (χ2v) is 12.2. The summed E-state index contributed by atoms with van der Waals surface area (Å²) in [6.07, 6.45) is 24.5. The van der Waals surface area contributed by atoms with Crippen LogP contribution in [-0.2, 0) is 14.2 Å². The van der Waals surface area contributed by atoms with Gasteiger partial charge in [-0.05, 0) is 12.8 Å². The third-order valence-electron chi connectivity index (χ3n) is 8.35. The number of alkyl halides is 1. The molecule has 0 spiro atoms. The Bertz CT molecular complexity index is 523. The highest BCUT2D eigenvalue weighted by molar-refractivity contribution is 4.91. The second kappa shape index (κ2) is 27.6. The van der Waals surface area contributed by atoms with Crippen molar-refractivity contribution in [3.8, 4) is 0 Å². The molecular formula is C34H67FO5. The van der Waals surface area contributed by atoms with Crippen molar-refractivity contribution in [2.75, 3.05) is 19.8 Å². The minimum absolute atomic E-state index is 0.223. The fourth-order valence-corrected chi connectivity index (χ4v) is 5.62. The fraction of sp³-hybridized carbons (Fsp3) is 1.00. The van der Waals surface area contributed by atoms with Gasteiger partial charge in [-0.15, -0.1) is 0 Å². The Hall–Kier alpha value is -0.270. The molecule has 40 heavy (non-hydrogen) atoms. The van der Waals surface area contributed by atoms with E-state index in [2.05, 4.69) is 13.8 Å². The zero-order valence-corrected chi connectivity index (χ0v) is 26.5. The number of aliphatic hydroxyl groups excluding tert-OH is 2. The Labute approximate surface area is 247 Å². The van der Waals surface area contributed by atoms with Crippen LogP contribution in [-0.4, -0.2) is 60.8 Å². The normalized spacial score (nSPS) is 21.8. The maximum Gasteiger partial charge on any atom is 0.184 e. The van der Waals surface area contributed by atoms with Gasteiger partial charge in [0.15, 0.2) is 12.5 Å². The van der Waals surface area contributed by atoms with Gasteiger partial charge in [0.25, 0.3) is 0 Å². The van der Waals surface area contributed by atoms with E-state index in [0.717, 1.165) is 25.7 Å². The number of ether oxygens (including phenoxy) is 3. The second-order valence-electron chi connectivity index (χ2n) is 12.2. The molecule has 0 aromatic heterocycles. The van der Waals surface area contributed by atoms with Gasteiger partial charge in [0, 0.05) is 13.2 Å². The van der Waals surface area contributed by atoms with Crippen LogP contribution in [0.3, 0.4) is 0 Å². The van der Waals surface area contributed by atoms with Gasteiger partial charge in [-0.1, -0.05) is 155 Å². The van der Waals surface area contributed by atoms with Crippen molar-refractivity contribution in [1.82, 2.24) is 0 Å². The molecule has 2 N–H and O–H groups in total. The lowest BCUT2D eigenvalue weighted by Gasteiger charge is -2.25. The van der Waals surface area contributed by atoms with E-state index in [1.54, 1.807) is 0 Å². The van der Waals surface area contributed by atoms with Crippen molar-refractivity contribution in [2.24, 2.45) is 0 Å². The van der Waals surface area contributed by atoms with Crippen molar-refractivity contribution in [2.45, 2.75) is 199 Å². The molecule has 0 amide bonds. The molecule has 0 saturated carbocycles. The molecule has 1 saturated heterocycles. The van der Waals surface area contributed by atoms with Gasteiger partial charge in [0.05, 0.1) is 6.61 Å². The summed E-state index contributed by atoms with van der Waals surface area (Å²) >= 11 is 0. The molecule has 1 aliphatic rings. The van der Waals surface area contributed by atoms with E-state index in [1.165, 1.54) is 128 Å². The van der Waals surface area contributed by atoms with Crippen molar-refractivity contribution in [3.05, 3.63) is 0 Å². The minimum Gasteiger partial charge on any atom is -0.385 e. The van der Waals surface area contributed by atoms with E-state index >= 15 is 0 Å². The third-order valence-corrected chi connectivity index (χ3v) is 8.35. The zero-order chi connectivity index (χ0) is 29.1. The Morgan fingerprint density at radius 1 is 0.575 bits per heavy atom. The largest absolute Gasteiger partial charge is 0.385 e. The molecule has 0 bridgehead atoms. The van der Waals surface area contributed by atoms with Crippen LogP contribution in [0.2, 0.25) is 0 Å². The van der Waals surface area contributed by atoms with Crippen molar-refractivity contribution in [3.63, 3.8) is 0 Å². The third kappa shape index (κ3) is 19.8. The van der Waals surface area contributed by atoms with Crippen LogP contribution in [0.25, 0.3) is 0 Å². The minimum atomic E-state index is -1.67. The first-order chi connectivity index (χ1) is 19.6. The van der Waals surface area contributed by atoms with Crippen LogP contribution < -0.4 is 0 Å². The maximum absolute atomic E-state index is 14.6. The topological polar surface area (TPSA) is 68.2 Å². The number of rotatable bonds is 30. The number of halogens is 1. The Kier molecular flexibility index (Phi) is 26.0. The van der Waals surface area contributed by atoms with Crippen LogP contribution in [0.5, 0.6) is 0 Å². The lowest BCUT2D eigenvalue weighted by molar-refractivity contribution is -0.163. The highest BCUT2D eigenvalue weighted by Crippen LogP contribution is 2.27. The molecule has 0 aliphatic carbocycles. The van der Waals surface area contributed by atoms with Gasteiger partial charge in [-0.25, -0.2) is 4.39 Å². The summed E-state index contributed by atoms with van der Waals surface area (Å²) in [7, 11) is 0. The number of unbranched alkanes of at least 4 members (excludes halogenated alkanes) is 22. The summed E-state index contributed by atoms with van der Waals surface area (Å²) in [5, 5.41) is 19.6. The molecule has 1 heterocycles. The summed E-state index contributed by atoms with van der Waals surface area (Å²) in [6, 6.07) is 0. The molecule has 1 rings (SSSR count).